The molecule has 10 N–H and O–H groups in total. The predicted octanol–water partition coefficient (Wildman–Crippen LogP) is 5.04. The number of benzene rings is 3. The molecule has 0 aliphatic heterocycles. The van der Waals surface area contributed by atoms with E-state index in [2.05, 4.69) is 34.1 Å². The van der Waals surface area contributed by atoms with Gasteiger partial charge in [0.2, 0.25) is 0 Å². The fourth-order valence-electron chi connectivity index (χ4n) is 6.49. The molecule has 55 heavy (non-hydrogen) atoms. The summed E-state index contributed by atoms with van der Waals surface area (Å²) in [4.78, 5) is 38.3. The van der Waals surface area contributed by atoms with Crippen LogP contribution in [0.4, 0.5) is 4.79 Å². The zero-order valence-electron chi connectivity index (χ0n) is 33.4. The van der Waals surface area contributed by atoms with Crippen molar-refractivity contribution in [2.24, 2.45) is 17.2 Å². The lowest BCUT2D eigenvalue weighted by atomic mass is 9.98. The summed E-state index contributed by atoms with van der Waals surface area (Å²) in [6, 6.07) is 18.2. The average Bonchev–Trinajstić information content (AvgIpc) is 3.16. The topological polar surface area (TPSA) is 195 Å². The zero-order valence-corrected chi connectivity index (χ0v) is 33.4. The van der Waals surface area contributed by atoms with Crippen molar-refractivity contribution in [1.82, 2.24) is 16.0 Å². The minimum atomic E-state index is -0.548. The number of nitrogens with one attached hydrogen (secondary N) is 3. The quantitative estimate of drug-likeness (QED) is 0.0618. The summed E-state index contributed by atoms with van der Waals surface area (Å²) in [6.45, 7) is 8.74. The average molecular weight is 759 g/mol. The third kappa shape index (κ3) is 17.8. The van der Waals surface area contributed by atoms with Gasteiger partial charge < -0.3 is 43.0 Å². The summed E-state index contributed by atoms with van der Waals surface area (Å²) < 4.78 is 5.31. The molecule has 302 valence electrons. The Morgan fingerprint density at radius 3 is 1.15 bits per heavy atom. The normalized spacial score (nSPS) is 11.3. The van der Waals surface area contributed by atoms with Gasteiger partial charge in [-0.15, -0.1) is 0 Å². The van der Waals surface area contributed by atoms with Crippen LogP contribution in [-0.2, 0) is 49.9 Å². The van der Waals surface area contributed by atoms with Crippen molar-refractivity contribution < 1.29 is 24.2 Å². The monoisotopic (exact) mass is 759 g/mol. The summed E-state index contributed by atoms with van der Waals surface area (Å²) in [6.07, 6.45) is 9.04. The predicted molar refractivity (Wildman–Crippen MR) is 221 cm³/mol. The van der Waals surface area contributed by atoms with Gasteiger partial charge in [-0.3, -0.25) is 9.59 Å². The highest BCUT2D eigenvalue weighted by molar-refractivity contribution is 5.95. The number of ether oxygens (including phenoxy) is 1. The van der Waals surface area contributed by atoms with Crippen LogP contribution in [0.25, 0.3) is 0 Å². The number of aliphatic hydroxyl groups is 1. The summed E-state index contributed by atoms with van der Waals surface area (Å²) >= 11 is 0. The van der Waals surface area contributed by atoms with E-state index in [1.807, 2.05) is 57.2 Å². The van der Waals surface area contributed by atoms with Crippen LogP contribution in [0.5, 0.6) is 0 Å². The number of amides is 3. The maximum Gasteiger partial charge on any atom is 0.407 e. The molecule has 0 fully saturated rings. The Kier molecular flexibility index (Phi) is 19.9. The fourth-order valence-corrected chi connectivity index (χ4v) is 6.49. The Morgan fingerprint density at radius 1 is 0.509 bits per heavy atom. The lowest BCUT2D eigenvalue weighted by Crippen LogP contribution is -2.33. The number of rotatable bonds is 24. The van der Waals surface area contributed by atoms with Crippen molar-refractivity contribution in [3.8, 4) is 0 Å². The van der Waals surface area contributed by atoms with Crippen LogP contribution >= 0.6 is 0 Å². The Hall–Kier alpha value is -4.29. The molecule has 0 aliphatic rings. The van der Waals surface area contributed by atoms with Crippen LogP contribution < -0.4 is 33.2 Å². The molecule has 0 unspecified atom stereocenters. The van der Waals surface area contributed by atoms with Crippen LogP contribution in [-0.4, -0.2) is 67.9 Å². The van der Waals surface area contributed by atoms with Crippen LogP contribution in [0.2, 0.25) is 0 Å². The molecule has 11 heteroatoms. The standard InChI is InChI=1S/C44H66N6O5/c1-44(2,3)55-43(54)50-21-9-15-37-24-36(12-6-18-47)29-40(30-37)42(53)49-20-8-14-33-22-32(25-38(26-33)31-51)13-7-19-48-41(52)39-27-34(10-4-16-45)23-35(28-39)11-5-17-46/h22-30,51H,4-21,31,45-47H2,1-3H3,(H,48,52)(H,49,53)(H,50,54). The highest BCUT2D eigenvalue weighted by atomic mass is 16.6. The van der Waals surface area contributed by atoms with Crippen molar-refractivity contribution >= 4 is 17.9 Å². The van der Waals surface area contributed by atoms with E-state index in [1.54, 1.807) is 0 Å². The molecular formula is C44H66N6O5. The molecule has 3 aromatic carbocycles. The molecule has 0 radical (unpaired) electrons. The number of alkyl carbamates (subject to hydrolysis) is 1. The second-order valence-electron chi connectivity index (χ2n) is 15.3. The molecule has 0 aliphatic carbocycles. The minimum absolute atomic E-state index is 0.0544. The number of nitrogens with two attached hydrogens (primary N) is 3. The number of hydrogen-bond acceptors (Lipinski definition) is 8. The number of aliphatic hydroxyl groups excluding tert-OH is 1. The molecule has 0 heterocycles. The molecule has 0 atom stereocenters. The summed E-state index contributed by atoms with van der Waals surface area (Å²) in [5.74, 6) is -0.204. The second-order valence-corrected chi connectivity index (χ2v) is 15.3. The minimum Gasteiger partial charge on any atom is -0.444 e. The van der Waals surface area contributed by atoms with E-state index < -0.39 is 11.7 Å². The molecule has 3 rings (SSSR count). The van der Waals surface area contributed by atoms with Gasteiger partial charge in [0.1, 0.15) is 5.60 Å². The maximum absolute atomic E-state index is 13.3. The van der Waals surface area contributed by atoms with E-state index in [-0.39, 0.29) is 18.4 Å². The lowest BCUT2D eigenvalue weighted by Gasteiger charge is -2.19. The van der Waals surface area contributed by atoms with Gasteiger partial charge in [-0.1, -0.05) is 30.3 Å². The molecule has 3 amide bonds. The number of carbonyl (C=O) groups excluding carboxylic acids is 3. The third-order valence-electron chi connectivity index (χ3n) is 9.10. The van der Waals surface area contributed by atoms with E-state index in [0.717, 1.165) is 103 Å². The lowest BCUT2D eigenvalue weighted by molar-refractivity contribution is 0.0527. The van der Waals surface area contributed by atoms with Gasteiger partial charge in [0.25, 0.3) is 11.8 Å². The van der Waals surface area contributed by atoms with Crippen LogP contribution in [0.3, 0.4) is 0 Å². The first kappa shape index (κ1) is 45.1. The van der Waals surface area contributed by atoms with Gasteiger partial charge in [0.15, 0.2) is 0 Å². The third-order valence-corrected chi connectivity index (χ3v) is 9.10. The van der Waals surface area contributed by atoms with Crippen molar-refractivity contribution in [3.05, 3.63) is 105 Å². The molecule has 0 aromatic heterocycles. The van der Waals surface area contributed by atoms with Crippen molar-refractivity contribution in [2.45, 2.75) is 110 Å². The highest BCUT2D eigenvalue weighted by Gasteiger charge is 2.16. The van der Waals surface area contributed by atoms with E-state index >= 15 is 0 Å². The Morgan fingerprint density at radius 2 is 0.818 bits per heavy atom. The van der Waals surface area contributed by atoms with Gasteiger partial charge >= 0.3 is 6.09 Å². The number of aryl methyl sites for hydroxylation is 6. The van der Waals surface area contributed by atoms with Crippen LogP contribution in [0.15, 0.2) is 54.6 Å². The van der Waals surface area contributed by atoms with E-state index in [0.29, 0.717) is 63.2 Å². The Bertz CT molecular complexity index is 1630. The van der Waals surface area contributed by atoms with Crippen molar-refractivity contribution in [2.75, 3.05) is 39.3 Å². The highest BCUT2D eigenvalue weighted by Crippen LogP contribution is 2.18. The summed E-state index contributed by atoms with van der Waals surface area (Å²) in [5.41, 5.74) is 25.4. The van der Waals surface area contributed by atoms with Crippen molar-refractivity contribution in [1.29, 1.82) is 0 Å². The number of carbonyl (C=O) groups is 3. The zero-order chi connectivity index (χ0) is 40.1. The molecule has 0 bridgehead atoms. The van der Waals surface area contributed by atoms with Gasteiger partial charge in [-0.25, -0.2) is 4.79 Å². The largest absolute Gasteiger partial charge is 0.444 e. The van der Waals surface area contributed by atoms with Gasteiger partial charge in [0, 0.05) is 30.8 Å². The van der Waals surface area contributed by atoms with Crippen LogP contribution in [0, 0.1) is 0 Å². The molecule has 0 saturated heterocycles. The first-order valence-electron chi connectivity index (χ1n) is 20.0. The Labute approximate surface area is 328 Å². The van der Waals surface area contributed by atoms with Crippen molar-refractivity contribution in [3.63, 3.8) is 0 Å². The SMILES string of the molecule is CC(C)(C)OC(=O)NCCCc1cc(CCCN)cc(C(=O)NCCCc2cc(CO)cc(CCCNC(=O)c3cc(CCCN)cc(CCCN)c3)c2)c1. The fraction of sp³-hybridized carbons (Fsp3) is 0.523. The summed E-state index contributed by atoms with van der Waals surface area (Å²) in [5, 5.41) is 18.9. The second kappa shape index (κ2) is 24.3. The molecule has 11 nitrogen and oxygen atoms in total. The maximum atomic E-state index is 13.3. The van der Waals surface area contributed by atoms with Gasteiger partial charge in [-0.2, -0.15) is 0 Å². The summed E-state index contributed by atoms with van der Waals surface area (Å²) in [7, 11) is 0. The van der Waals surface area contributed by atoms with Crippen LogP contribution in [0.1, 0.15) is 119 Å². The van der Waals surface area contributed by atoms with E-state index in [1.165, 1.54) is 0 Å². The first-order valence-corrected chi connectivity index (χ1v) is 20.0. The molecule has 0 saturated carbocycles. The molecule has 3 aromatic rings. The Balaban J connectivity index is 1.51. The smallest absolute Gasteiger partial charge is 0.407 e. The van der Waals surface area contributed by atoms with Gasteiger partial charge in [0.05, 0.1) is 6.61 Å². The first-order chi connectivity index (χ1) is 26.4. The van der Waals surface area contributed by atoms with Gasteiger partial charge in [-0.05, 0) is 181 Å². The van der Waals surface area contributed by atoms with E-state index in [4.69, 9.17) is 21.9 Å². The molecular weight excluding hydrogens is 693 g/mol. The number of hydrogen-bond donors (Lipinski definition) is 7. The molecule has 0 spiro atoms. The van der Waals surface area contributed by atoms with E-state index in [9.17, 15) is 19.5 Å².